The van der Waals surface area contributed by atoms with E-state index < -0.39 is 7.92 Å². The van der Waals surface area contributed by atoms with Crippen molar-refractivity contribution in [1.82, 2.24) is 0 Å². The smallest absolute Gasteiger partial charge is 0.128 e. The van der Waals surface area contributed by atoms with E-state index in [0.29, 0.717) is 0 Å². The van der Waals surface area contributed by atoms with Gasteiger partial charge in [-0.1, -0.05) is 82.3 Å². The van der Waals surface area contributed by atoms with Crippen LogP contribution < -0.4 is 4.74 Å². The molecule has 0 bridgehead atoms. The van der Waals surface area contributed by atoms with Crippen molar-refractivity contribution in [2.24, 2.45) is 0 Å². The molecule has 1 aromatic carbocycles. The number of rotatable bonds is 8. The van der Waals surface area contributed by atoms with Crippen LogP contribution in [0.1, 0.15) is 104 Å². The van der Waals surface area contributed by atoms with E-state index in [4.69, 9.17) is 21.1 Å². The monoisotopic (exact) mass is 502 g/mol. The predicted molar refractivity (Wildman–Crippen MR) is 149 cm³/mol. The Morgan fingerprint density at radius 3 is 2.06 bits per heavy atom. The zero-order chi connectivity index (χ0) is 24.1. The summed E-state index contributed by atoms with van der Waals surface area (Å²) in [7, 11) is -0.396. The molecule has 1 aromatic rings. The lowest BCUT2D eigenvalue weighted by molar-refractivity contribution is 0.0142. The first kappa shape index (κ1) is 26.2. The van der Waals surface area contributed by atoms with Crippen LogP contribution in [0.3, 0.4) is 0 Å². The normalized spacial score (nSPS) is 24.8. The second kappa shape index (κ2) is 11.9. The topological polar surface area (TPSA) is 18.5 Å². The molecule has 0 heterocycles. The Kier molecular flexibility index (Phi) is 9.22. The number of hydrogen-bond acceptors (Lipinski definition) is 2. The molecule has 1 atom stereocenters. The SMILES string of the molecule is CC(C)Oc1cccc(Cl)c1C1=CC=CCC1(OC(C)C)P(C1CCCCC1)C1CCCCC1. The van der Waals surface area contributed by atoms with Crippen molar-refractivity contribution in [2.45, 2.75) is 127 Å². The number of allylic oxidation sites excluding steroid dienone is 2. The molecule has 3 aliphatic carbocycles. The molecule has 3 aliphatic rings. The average Bonchev–Trinajstić information content (AvgIpc) is 2.81. The van der Waals surface area contributed by atoms with Gasteiger partial charge in [0.15, 0.2) is 0 Å². The quantitative estimate of drug-likeness (QED) is 0.329. The minimum absolute atomic E-state index is 0.0931. The molecule has 0 aromatic heterocycles. The van der Waals surface area contributed by atoms with Gasteiger partial charge in [-0.05, 0) is 76.8 Å². The van der Waals surface area contributed by atoms with Crippen molar-refractivity contribution in [2.75, 3.05) is 0 Å². The third-order valence-corrected chi connectivity index (χ3v) is 11.9. The Bertz CT molecular complexity index is 847. The Labute approximate surface area is 214 Å². The van der Waals surface area contributed by atoms with Gasteiger partial charge in [0.1, 0.15) is 11.1 Å². The lowest BCUT2D eigenvalue weighted by Crippen LogP contribution is -2.42. The lowest BCUT2D eigenvalue weighted by atomic mass is 9.92. The van der Waals surface area contributed by atoms with Gasteiger partial charge < -0.3 is 9.47 Å². The highest BCUT2D eigenvalue weighted by Crippen LogP contribution is 2.70. The number of halogens is 1. The summed E-state index contributed by atoms with van der Waals surface area (Å²) in [5.74, 6) is 0.892. The average molecular weight is 503 g/mol. The summed E-state index contributed by atoms with van der Waals surface area (Å²) in [6, 6.07) is 6.12. The van der Waals surface area contributed by atoms with Gasteiger partial charge in [0.05, 0.1) is 17.2 Å². The van der Waals surface area contributed by atoms with Crippen molar-refractivity contribution in [3.63, 3.8) is 0 Å². The van der Waals surface area contributed by atoms with Crippen molar-refractivity contribution in [3.05, 3.63) is 47.0 Å². The van der Waals surface area contributed by atoms with E-state index in [1.165, 1.54) is 69.8 Å². The Morgan fingerprint density at radius 1 is 0.882 bits per heavy atom. The summed E-state index contributed by atoms with van der Waals surface area (Å²) in [4.78, 5) is 0. The minimum Gasteiger partial charge on any atom is -0.490 e. The largest absolute Gasteiger partial charge is 0.490 e. The Balaban J connectivity index is 1.88. The fourth-order valence-electron chi connectivity index (χ4n) is 6.44. The summed E-state index contributed by atoms with van der Waals surface area (Å²) in [6.45, 7) is 8.61. The summed E-state index contributed by atoms with van der Waals surface area (Å²) < 4.78 is 13.6. The van der Waals surface area contributed by atoms with Crippen LogP contribution in [0.4, 0.5) is 0 Å². The van der Waals surface area contributed by atoms with Gasteiger partial charge in [0, 0.05) is 17.6 Å². The minimum atomic E-state index is -0.396. The highest BCUT2D eigenvalue weighted by atomic mass is 35.5. The van der Waals surface area contributed by atoms with Crippen molar-refractivity contribution >= 4 is 25.1 Å². The molecule has 0 amide bonds. The maximum Gasteiger partial charge on any atom is 0.128 e. The number of ether oxygens (including phenoxy) is 2. The van der Waals surface area contributed by atoms with E-state index in [1.54, 1.807) is 0 Å². The number of benzene rings is 1. The standard InChI is InChI=1S/C30H44ClO2P/c1-22(2)32-28-20-13-19-27(31)29(28)26-18-11-12-21-30(26,33-23(3)4)34(24-14-7-5-8-15-24)25-16-9-6-10-17-25/h11-13,18-20,22-25H,5-10,14-17,21H2,1-4H3. The highest BCUT2D eigenvalue weighted by molar-refractivity contribution is 7.61. The van der Waals surface area contributed by atoms with E-state index >= 15 is 0 Å². The van der Waals surface area contributed by atoms with Crippen LogP contribution in [0.15, 0.2) is 36.4 Å². The molecular formula is C30H44ClO2P. The van der Waals surface area contributed by atoms with Crippen LogP contribution in [0.25, 0.3) is 5.57 Å². The molecule has 4 heteroatoms. The zero-order valence-electron chi connectivity index (χ0n) is 21.7. The van der Waals surface area contributed by atoms with E-state index in [-0.39, 0.29) is 17.6 Å². The van der Waals surface area contributed by atoms with E-state index in [1.807, 2.05) is 12.1 Å². The first-order valence-corrected chi connectivity index (χ1v) is 15.6. The van der Waals surface area contributed by atoms with Gasteiger partial charge in [0.2, 0.25) is 0 Å². The Hall–Kier alpha value is -0.820. The second-order valence-corrected chi connectivity index (χ2v) is 14.3. The summed E-state index contributed by atoms with van der Waals surface area (Å²) in [6.07, 6.45) is 21.8. The van der Waals surface area contributed by atoms with Crippen LogP contribution in [0.5, 0.6) is 5.75 Å². The van der Waals surface area contributed by atoms with Crippen LogP contribution >= 0.6 is 19.5 Å². The molecule has 0 N–H and O–H groups in total. The van der Waals surface area contributed by atoms with Crippen molar-refractivity contribution in [3.8, 4) is 5.75 Å². The van der Waals surface area contributed by atoms with E-state index in [0.717, 1.165) is 34.1 Å². The fraction of sp³-hybridized carbons (Fsp3) is 0.667. The van der Waals surface area contributed by atoms with Gasteiger partial charge in [-0.2, -0.15) is 0 Å². The third kappa shape index (κ3) is 5.77. The molecule has 2 fully saturated rings. The van der Waals surface area contributed by atoms with Gasteiger partial charge in [-0.25, -0.2) is 0 Å². The Morgan fingerprint density at radius 2 is 1.50 bits per heavy atom. The molecule has 1 unspecified atom stereocenters. The molecule has 34 heavy (non-hydrogen) atoms. The highest BCUT2D eigenvalue weighted by Gasteiger charge is 2.51. The lowest BCUT2D eigenvalue weighted by Gasteiger charge is -2.52. The maximum atomic E-state index is 7.22. The summed E-state index contributed by atoms with van der Waals surface area (Å²) in [5, 5.41) is 0.473. The summed E-state index contributed by atoms with van der Waals surface area (Å²) in [5.41, 5.74) is 3.88. The van der Waals surface area contributed by atoms with Gasteiger partial charge in [-0.15, -0.1) is 0 Å². The molecular weight excluding hydrogens is 459 g/mol. The van der Waals surface area contributed by atoms with Crippen LogP contribution in [0, 0.1) is 0 Å². The molecule has 0 aliphatic heterocycles. The first-order valence-electron chi connectivity index (χ1n) is 13.7. The third-order valence-electron chi connectivity index (χ3n) is 7.61. The molecule has 188 valence electrons. The van der Waals surface area contributed by atoms with Crippen molar-refractivity contribution in [1.29, 1.82) is 0 Å². The van der Waals surface area contributed by atoms with Crippen LogP contribution in [-0.2, 0) is 4.74 Å². The van der Waals surface area contributed by atoms with E-state index in [9.17, 15) is 0 Å². The van der Waals surface area contributed by atoms with Crippen LogP contribution in [0.2, 0.25) is 5.02 Å². The predicted octanol–water partition coefficient (Wildman–Crippen LogP) is 9.74. The van der Waals surface area contributed by atoms with Gasteiger partial charge in [-0.3, -0.25) is 0 Å². The number of hydrogen-bond donors (Lipinski definition) is 0. The van der Waals surface area contributed by atoms with Gasteiger partial charge in [0.25, 0.3) is 0 Å². The molecule has 0 spiro atoms. The second-order valence-electron chi connectivity index (χ2n) is 10.9. The summed E-state index contributed by atoms with van der Waals surface area (Å²) >= 11 is 6.99. The molecule has 0 radical (unpaired) electrons. The zero-order valence-corrected chi connectivity index (χ0v) is 23.3. The molecule has 2 saturated carbocycles. The van der Waals surface area contributed by atoms with Crippen LogP contribution in [-0.4, -0.2) is 28.9 Å². The van der Waals surface area contributed by atoms with E-state index in [2.05, 4.69) is 52.0 Å². The molecule has 0 saturated heterocycles. The molecule has 4 rings (SSSR count). The van der Waals surface area contributed by atoms with Crippen molar-refractivity contribution < 1.29 is 9.47 Å². The fourth-order valence-corrected chi connectivity index (χ4v) is 11.4. The molecule has 2 nitrogen and oxygen atoms in total. The maximum absolute atomic E-state index is 7.22. The first-order chi connectivity index (χ1) is 16.4. The van der Waals surface area contributed by atoms with Gasteiger partial charge >= 0.3 is 0 Å².